The molecule has 9 heteroatoms. The molecule has 6 rings (SSSR count). The topological polar surface area (TPSA) is 66.9 Å². The van der Waals surface area contributed by atoms with Crippen LogP contribution in [-0.2, 0) is 13.6 Å². The van der Waals surface area contributed by atoms with Crippen molar-refractivity contribution < 1.29 is 13.5 Å². The smallest absolute Gasteiger partial charge is 0.387 e. The van der Waals surface area contributed by atoms with Crippen molar-refractivity contribution in [2.24, 2.45) is 13.0 Å². The molecule has 0 unspecified atom stereocenters. The van der Waals surface area contributed by atoms with Crippen LogP contribution in [0.3, 0.4) is 0 Å². The van der Waals surface area contributed by atoms with E-state index < -0.39 is 6.61 Å². The van der Waals surface area contributed by atoms with E-state index in [0.717, 1.165) is 23.0 Å². The van der Waals surface area contributed by atoms with Crippen LogP contribution in [0, 0.1) is 5.92 Å². The zero-order valence-corrected chi connectivity index (χ0v) is 18.4. The predicted molar refractivity (Wildman–Crippen MR) is 124 cm³/mol. The summed E-state index contributed by atoms with van der Waals surface area (Å²) in [7, 11) is 1.85. The fraction of sp³-hybridized carbons (Fsp3) is 0.240. The normalized spacial score (nSPS) is 13.9. The van der Waals surface area contributed by atoms with Crippen LogP contribution in [0.2, 0.25) is 0 Å². The fourth-order valence-electron chi connectivity index (χ4n) is 4.41. The number of aromatic nitrogens is 5. The lowest BCUT2D eigenvalue weighted by molar-refractivity contribution is -0.0498. The average Bonchev–Trinajstić information content (AvgIpc) is 3.42. The van der Waals surface area contributed by atoms with Crippen molar-refractivity contribution in [2.45, 2.75) is 26.0 Å². The number of aryl methyl sites for hydroxylation is 1. The van der Waals surface area contributed by atoms with Crippen molar-refractivity contribution in [2.75, 3.05) is 0 Å². The second-order valence-corrected chi connectivity index (χ2v) is 8.69. The van der Waals surface area contributed by atoms with Gasteiger partial charge in [-0.2, -0.15) is 23.7 Å². The van der Waals surface area contributed by atoms with Crippen molar-refractivity contribution in [1.29, 1.82) is 0 Å². The van der Waals surface area contributed by atoms with Crippen molar-refractivity contribution >= 4 is 21.9 Å². The summed E-state index contributed by atoms with van der Waals surface area (Å²) in [4.78, 5) is 13.9. The fourth-order valence-corrected chi connectivity index (χ4v) is 4.41. The van der Waals surface area contributed by atoms with Crippen molar-refractivity contribution in [3.05, 3.63) is 71.3 Å². The third kappa shape index (κ3) is 3.63. The minimum Gasteiger partial charge on any atom is -0.435 e. The van der Waals surface area contributed by atoms with Gasteiger partial charge in [0.2, 0.25) is 0 Å². The first-order chi connectivity index (χ1) is 16.5. The van der Waals surface area contributed by atoms with Crippen LogP contribution in [0.5, 0.6) is 5.75 Å². The van der Waals surface area contributed by atoms with Gasteiger partial charge in [0.1, 0.15) is 11.3 Å². The van der Waals surface area contributed by atoms with E-state index in [4.69, 9.17) is 0 Å². The van der Waals surface area contributed by atoms with E-state index in [2.05, 4.69) is 19.5 Å². The first-order valence-electron chi connectivity index (χ1n) is 11.1. The molecule has 1 saturated carbocycles. The monoisotopic (exact) mass is 461 g/mol. The van der Waals surface area contributed by atoms with Crippen molar-refractivity contribution in [3.8, 4) is 22.6 Å². The van der Waals surface area contributed by atoms with Crippen LogP contribution in [0.25, 0.3) is 38.8 Å². The minimum atomic E-state index is -2.91. The lowest BCUT2D eigenvalue weighted by Crippen LogP contribution is -2.23. The number of benzene rings is 2. The second kappa shape index (κ2) is 7.79. The van der Waals surface area contributed by atoms with Crippen molar-refractivity contribution in [1.82, 2.24) is 24.1 Å². The van der Waals surface area contributed by atoms with Crippen LogP contribution < -0.4 is 10.3 Å². The third-order valence-electron chi connectivity index (χ3n) is 6.16. The zero-order valence-electron chi connectivity index (χ0n) is 18.4. The zero-order chi connectivity index (χ0) is 23.4. The Bertz CT molecular complexity index is 1580. The number of nitrogens with zero attached hydrogens (tertiary/aromatic N) is 5. The summed E-state index contributed by atoms with van der Waals surface area (Å²) in [6, 6.07) is 13.6. The Hall–Kier alpha value is -4.01. The summed E-state index contributed by atoms with van der Waals surface area (Å²) < 4.78 is 34.9. The molecule has 5 aromatic rings. The summed E-state index contributed by atoms with van der Waals surface area (Å²) in [5.74, 6) is 0.639. The molecule has 172 valence electrons. The first-order valence-corrected chi connectivity index (χ1v) is 11.1. The average molecular weight is 461 g/mol. The quantitative estimate of drug-likeness (QED) is 0.366. The van der Waals surface area contributed by atoms with Gasteiger partial charge in [0.15, 0.2) is 0 Å². The molecule has 34 heavy (non-hydrogen) atoms. The molecule has 0 N–H and O–H groups in total. The van der Waals surface area contributed by atoms with E-state index in [1.54, 1.807) is 16.8 Å². The maximum absolute atomic E-state index is 13.9. The van der Waals surface area contributed by atoms with Crippen LogP contribution in [-0.4, -0.2) is 30.7 Å². The Kier molecular flexibility index (Phi) is 4.72. The summed E-state index contributed by atoms with van der Waals surface area (Å²) in [5.41, 5.74) is 3.70. The van der Waals surface area contributed by atoms with E-state index in [0.29, 0.717) is 28.2 Å². The van der Waals surface area contributed by atoms with Gasteiger partial charge in [0.25, 0.3) is 5.56 Å². The minimum absolute atomic E-state index is 0.0415. The molecule has 0 radical (unpaired) electrons. The van der Waals surface area contributed by atoms with Gasteiger partial charge in [-0.1, -0.05) is 12.1 Å². The predicted octanol–water partition coefficient (Wildman–Crippen LogP) is 4.75. The highest BCUT2D eigenvalue weighted by Crippen LogP contribution is 2.34. The second-order valence-electron chi connectivity index (χ2n) is 8.69. The third-order valence-corrected chi connectivity index (χ3v) is 6.16. The molecule has 1 fully saturated rings. The highest BCUT2D eigenvalue weighted by molar-refractivity contribution is 5.92. The summed E-state index contributed by atoms with van der Waals surface area (Å²) in [5, 5.41) is 9.97. The molecule has 0 bridgehead atoms. The molecule has 1 aliphatic rings. The van der Waals surface area contributed by atoms with Gasteiger partial charge in [-0.15, -0.1) is 0 Å². The molecule has 0 amide bonds. The Morgan fingerprint density at radius 1 is 1.06 bits per heavy atom. The van der Waals surface area contributed by atoms with Crippen LogP contribution in [0.4, 0.5) is 8.78 Å². The number of halogens is 2. The van der Waals surface area contributed by atoms with Gasteiger partial charge >= 0.3 is 6.61 Å². The van der Waals surface area contributed by atoms with Gasteiger partial charge in [-0.3, -0.25) is 9.48 Å². The van der Waals surface area contributed by atoms with E-state index >= 15 is 0 Å². The number of hydrogen-bond donors (Lipinski definition) is 0. The maximum Gasteiger partial charge on any atom is 0.387 e. The largest absolute Gasteiger partial charge is 0.435 e. The Labute approximate surface area is 192 Å². The number of rotatable bonds is 6. The summed E-state index contributed by atoms with van der Waals surface area (Å²) >= 11 is 0. The molecular weight excluding hydrogens is 440 g/mol. The van der Waals surface area contributed by atoms with Crippen LogP contribution >= 0.6 is 0 Å². The van der Waals surface area contributed by atoms with Gasteiger partial charge in [0.05, 0.1) is 22.3 Å². The SMILES string of the molecule is Cn1cc2cc(-n3nc4ccn(CC5CC5)c4c(-c4ccc(OC(F)F)cc4)c3=O)ccc2n1. The lowest BCUT2D eigenvalue weighted by atomic mass is 10.1. The molecule has 0 saturated heterocycles. The highest BCUT2D eigenvalue weighted by atomic mass is 19.3. The molecule has 2 aromatic carbocycles. The van der Waals surface area contributed by atoms with E-state index in [1.165, 1.54) is 29.7 Å². The number of alkyl halides is 2. The number of fused-ring (bicyclic) bond motifs is 2. The summed E-state index contributed by atoms with van der Waals surface area (Å²) in [6.45, 7) is -2.09. The molecule has 7 nitrogen and oxygen atoms in total. The number of hydrogen-bond acceptors (Lipinski definition) is 4. The van der Waals surface area contributed by atoms with Gasteiger partial charge in [-0.05, 0) is 60.7 Å². The van der Waals surface area contributed by atoms with E-state index in [9.17, 15) is 13.6 Å². The maximum atomic E-state index is 13.9. The lowest BCUT2D eigenvalue weighted by Gasteiger charge is -2.13. The highest BCUT2D eigenvalue weighted by Gasteiger charge is 2.25. The Morgan fingerprint density at radius 2 is 1.85 bits per heavy atom. The standard InChI is InChI=1S/C25H21F2N5O2/c1-30-14-17-12-18(6-9-20(17)28-30)32-24(33)22(16-4-7-19(8-5-16)34-25(26)27)23-21(29-32)10-11-31(23)13-15-2-3-15/h4-12,14-15,25H,2-3,13H2,1H3. The Morgan fingerprint density at radius 3 is 2.59 bits per heavy atom. The molecule has 3 heterocycles. The van der Waals surface area contributed by atoms with Crippen molar-refractivity contribution in [3.63, 3.8) is 0 Å². The van der Waals surface area contributed by atoms with Gasteiger partial charge in [0, 0.05) is 31.4 Å². The van der Waals surface area contributed by atoms with Gasteiger partial charge < -0.3 is 9.30 Å². The molecular formula is C25H21F2N5O2. The molecule has 0 atom stereocenters. The van der Waals surface area contributed by atoms with E-state index in [1.807, 2.05) is 43.7 Å². The number of ether oxygens (including phenoxy) is 1. The molecule has 0 aliphatic heterocycles. The Balaban J connectivity index is 1.56. The molecule has 1 aliphatic carbocycles. The first kappa shape index (κ1) is 20.6. The van der Waals surface area contributed by atoms with Crippen LogP contribution in [0.1, 0.15) is 12.8 Å². The molecule has 3 aromatic heterocycles. The van der Waals surface area contributed by atoms with Crippen LogP contribution in [0.15, 0.2) is 65.7 Å². The molecule has 0 spiro atoms. The van der Waals surface area contributed by atoms with Gasteiger partial charge in [-0.25, -0.2) is 0 Å². The summed E-state index contributed by atoms with van der Waals surface area (Å²) in [6.07, 6.45) is 6.19. The van der Waals surface area contributed by atoms with E-state index in [-0.39, 0.29) is 11.3 Å².